The molecule has 23 heavy (non-hydrogen) atoms. The van der Waals surface area contributed by atoms with Crippen LogP contribution in [0, 0.1) is 0 Å². The molecule has 0 radical (unpaired) electrons. The molecule has 6 heteroatoms. The third kappa shape index (κ3) is 4.63. The lowest BCUT2D eigenvalue weighted by Crippen LogP contribution is -2.41. The number of carbonyl (C=O) groups excluding carboxylic acids is 2. The first-order valence-corrected chi connectivity index (χ1v) is 8.27. The lowest BCUT2D eigenvalue weighted by Gasteiger charge is -2.19. The van der Waals surface area contributed by atoms with Crippen LogP contribution in [0.4, 0.5) is 5.13 Å². The highest BCUT2D eigenvalue weighted by Gasteiger charge is 2.18. The largest absolute Gasteiger partial charge is 0.341 e. The van der Waals surface area contributed by atoms with Crippen LogP contribution < -0.4 is 10.6 Å². The van der Waals surface area contributed by atoms with Gasteiger partial charge in [-0.15, -0.1) is 11.3 Å². The Kier molecular flexibility index (Phi) is 5.15. The summed E-state index contributed by atoms with van der Waals surface area (Å²) in [6.07, 6.45) is 1.61. The van der Waals surface area contributed by atoms with E-state index in [4.69, 9.17) is 0 Å². The van der Waals surface area contributed by atoms with Gasteiger partial charge in [0.15, 0.2) is 5.13 Å². The fourth-order valence-corrected chi connectivity index (χ4v) is 2.50. The monoisotopic (exact) mass is 331 g/mol. The molecule has 0 saturated carbocycles. The van der Waals surface area contributed by atoms with E-state index >= 15 is 0 Å². The van der Waals surface area contributed by atoms with Crippen LogP contribution in [-0.2, 0) is 10.2 Å². The van der Waals surface area contributed by atoms with Crippen molar-refractivity contribution in [3.8, 4) is 0 Å². The van der Waals surface area contributed by atoms with Gasteiger partial charge in [0.25, 0.3) is 5.91 Å². The summed E-state index contributed by atoms with van der Waals surface area (Å²) in [7, 11) is 0. The first-order valence-electron chi connectivity index (χ1n) is 7.39. The smallest absolute Gasteiger partial charge is 0.251 e. The van der Waals surface area contributed by atoms with Gasteiger partial charge in [0.2, 0.25) is 5.91 Å². The summed E-state index contributed by atoms with van der Waals surface area (Å²) in [6.45, 7) is 8.00. The Morgan fingerprint density at radius 3 is 2.35 bits per heavy atom. The number of thiazole rings is 1. The molecule has 0 saturated heterocycles. The number of hydrogen-bond donors (Lipinski definition) is 2. The third-order valence-corrected chi connectivity index (χ3v) is 4.10. The molecule has 2 rings (SSSR count). The molecule has 0 aliphatic heterocycles. The molecule has 0 spiro atoms. The van der Waals surface area contributed by atoms with Crippen molar-refractivity contribution in [3.05, 3.63) is 47.0 Å². The minimum Gasteiger partial charge on any atom is -0.341 e. The molecule has 2 aromatic rings. The maximum Gasteiger partial charge on any atom is 0.251 e. The first kappa shape index (κ1) is 17.1. The van der Waals surface area contributed by atoms with Crippen molar-refractivity contribution in [2.75, 3.05) is 5.32 Å². The average molecular weight is 331 g/mol. The van der Waals surface area contributed by atoms with Crippen LogP contribution in [0.2, 0.25) is 0 Å². The SMILES string of the molecule is C[C@@H](NC(=O)c1ccc(C(C)(C)C)cc1)C(=O)Nc1nccs1. The first-order chi connectivity index (χ1) is 10.8. The van der Waals surface area contributed by atoms with Gasteiger partial charge >= 0.3 is 0 Å². The van der Waals surface area contributed by atoms with E-state index in [0.717, 1.165) is 5.56 Å². The van der Waals surface area contributed by atoms with Gasteiger partial charge in [0, 0.05) is 17.1 Å². The van der Waals surface area contributed by atoms with Crippen LogP contribution in [0.5, 0.6) is 0 Å². The predicted octanol–water partition coefficient (Wildman–Crippen LogP) is 3.20. The lowest BCUT2D eigenvalue weighted by molar-refractivity contribution is -0.117. The van der Waals surface area contributed by atoms with Gasteiger partial charge in [0.1, 0.15) is 6.04 Å². The summed E-state index contributed by atoms with van der Waals surface area (Å²) in [5.41, 5.74) is 1.73. The van der Waals surface area contributed by atoms with E-state index in [1.807, 2.05) is 12.1 Å². The van der Waals surface area contributed by atoms with Gasteiger partial charge in [-0.3, -0.25) is 9.59 Å². The van der Waals surface area contributed by atoms with Crippen LogP contribution >= 0.6 is 11.3 Å². The summed E-state index contributed by atoms with van der Waals surface area (Å²) < 4.78 is 0. The number of hydrogen-bond acceptors (Lipinski definition) is 4. The number of rotatable bonds is 4. The fourth-order valence-electron chi connectivity index (χ4n) is 1.97. The van der Waals surface area contributed by atoms with Crippen LogP contribution in [0.3, 0.4) is 0 Å². The minimum absolute atomic E-state index is 0.0376. The number of anilines is 1. The zero-order chi connectivity index (χ0) is 17.0. The second kappa shape index (κ2) is 6.91. The zero-order valence-electron chi connectivity index (χ0n) is 13.7. The van der Waals surface area contributed by atoms with Crippen LogP contribution in [0.25, 0.3) is 0 Å². The molecule has 1 aromatic carbocycles. The van der Waals surface area contributed by atoms with E-state index in [2.05, 4.69) is 36.4 Å². The van der Waals surface area contributed by atoms with E-state index in [1.165, 1.54) is 11.3 Å². The van der Waals surface area contributed by atoms with Gasteiger partial charge < -0.3 is 10.6 Å². The molecule has 1 aromatic heterocycles. The van der Waals surface area contributed by atoms with Crippen molar-refractivity contribution in [3.63, 3.8) is 0 Å². The summed E-state index contributed by atoms with van der Waals surface area (Å²) in [5, 5.41) is 7.65. The van der Waals surface area contributed by atoms with Crippen LogP contribution in [0.15, 0.2) is 35.8 Å². The van der Waals surface area contributed by atoms with Crippen molar-refractivity contribution in [1.29, 1.82) is 0 Å². The second-order valence-electron chi connectivity index (χ2n) is 6.35. The molecule has 1 atom stereocenters. The number of nitrogens with zero attached hydrogens (tertiary/aromatic N) is 1. The topological polar surface area (TPSA) is 71.1 Å². The van der Waals surface area contributed by atoms with Crippen molar-refractivity contribution in [2.45, 2.75) is 39.2 Å². The normalized spacial score (nSPS) is 12.5. The molecule has 122 valence electrons. The third-order valence-electron chi connectivity index (χ3n) is 3.42. The molecular formula is C17H21N3O2S. The van der Waals surface area contributed by atoms with Crippen molar-refractivity contribution < 1.29 is 9.59 Å². The maximum absolute atomic E-state index is 12.2. The number of amides is 2. The fraction of sp³-hybridized carbons (Fsp3) is 0.353. The Hall–Kier alpha value is -2.21. The number of benzene rings is 1. The molecule has 0 aliphatic rings. The van der Waals surface area contributed by atoms with Gasteiger partial charge in [-0.2, -0.15) is 0 Å². The van der Waals surface area contributed by atoms with Crippen molar-refractivity contribution >= 4 is 28.3 Å². The molecule has 5 nitrogen and oxygen atoms in total. The van der Waals surface area contributed by atoms with Gasteiger partial charge in [0.05, 0.1) is 0 Å². The molecular weight excluding hydrogens is 310 g/mol. The predicted molar refractivity (Wildman–Crippen MR) is 92.8 cm³/mol. The van der Waals surface area contributed by atoms with E-state index < -0.39 is 6.04 Å². The molecule has 2 amide bonds. The highest BCUT2D eigenvalue weighted by Crippen LogP contribution is 2.22. The van der Waals surface area contributed by atoms with Crippen LogP contribution in [0.1, 0.15) is 43.6 Å². The van der Waals surface area contributed by atoms with Gasteiger partial charge in [-0.25, -0.2) is 4.98 Å². The zero-order valence-corrected chi connectivity index (χ0v) is 14.5. The summed E-state index contributed by atoms with van der Waals surface area (Å²) in [5.74, 6) is -0.563. The molecule has 0 unspecified atom stereocenters. The average Bonchev–Trinajstić information content (AvgIpc) is 2.99. The van der Waals surface area contributed by atoms with E-state index in [0.29, 0.717) is 10.7 Å². The Morgan fingerprint density at radius 1 is 1.17 bits per heavy atom. The summed E-state index contributed by atoms with van der Waals surface area (Å²) >= 11 is 1.33. The second-order valence-corrected chi connectivity index (χ2v) is 7.24. The maximum atomic E-state index is 12.2. The lowest BCUT2D eigenvalue weighted by atomic mass is 9.86. The quantitative estimate of drug-likeness (QED) is 0.904. The summed E-state index contributed by atoms with van der Waals surface area (Å²) in [6, 6.07) is 6.79. The highest BCUT2D eigenvalue weighted by atomic mass is 32.1. The number of carbonyl (C=O) groups is 2. The van der Waals surface area contributed by atoms with Crippen molar-refractivity contribution in [2.24, 2.45) is 0 Å². The van der Waals surface area contributed by atoms with E-state index in [1.54, 1.807) is 30.6 Å². The Labute approximate surface area is 140 Å². The van der Waals surface area contributed by atoms with Gasteiger partial charge in [-0.1, -0.05) is 32.9 Å². The molecule has 2 N–H and O–H groups in total. The van der Waals surface area contributed by atoms with E-state index in [-0.39, 0.29) is 17.2 Å². The summed E-state index contributed by atoms with van der Waals surface area (Å²) in [4.78, 5) is 28.2. The molecule has 1 heterocycles. The Balaban J connectivity index is 1.96. The van der Waals surface area contributed by atoms with Crippen molar-refractivity contribution in [1.82, 2.24) is 10.3 Å². The highest BCUT2D eigenvalue weighted by molar-refractivity contribution is 7.13. The Bertz CT molecular complexity index is 673. The standard InChI is InChI=1S/C17H21N3O2S/c1-11(14(21)20-16-18-9-10-23-16)19-15(22)12-5-7-13(8-6-12)17(2,3)4/h5-11H,1-4H3,(H,19,22)(H,18,20,21)/t11-/m1/s1. The van der Waals surface area contributed by atoms with Crippen LogP contribution in [-0.4, -0.2) is 22.8 Å². The minimum atomic E-state index is -0.645. The molecule has 0 fully saturated rings. The van der Waals surface area contributed by atoms with Gasteiger partial charge in [-0.05, 0) is 30.0 Å². The molecule has 0 aliphatic carbocycles. The number of aromatic nitrogens is 1. The van der Waals surface area contributed by atoms with E-state index in [9.17, 15) is 9.59 Å². The number of nitrogens with one attached hydrogen (secondary N) is 2. The Morgan fingerprint density at radius 2 is 1.83 bits per heavy atom. The molecule has 0 bridgehead atoms.